The maximum absolute atomic E-state index is 11.3. The molecule has 2 saturated heterocycles. The van der Waals surface area contributed by atoms with Gasteiger partial charge in [-0.15, -0.1) is 0 Å². The summed E-state index contributed by atoms with van der Waals surface area (Å²) in [6.07, 6.45) is 8.02. The molecule has 7 heteroatoms. The number of unbranched alkanes of at least 4 members (excludes halogenated alkanes) is 4. The Kier molecular flexibility index (Phi) is 8.18. The van der Waals surface area contributed by atoms with Crippen molar-refractivity contribution < 1.29 is 14.7 Å². The van der Waals surface area contributed by atoms with Crippen LogP contribution in [-0.4, -0.2) is 65.2 Å². The summed E-state index contributed by atoms with van der Waals surface area (Å²) in [5, 5.41) is 15.2. The van der Waals surface area contributed by atoms with Crippen LogP contribution in [0.5, 0.6) is 0 Å². The first-order chi connectivity index (χ1) is 11.6. The Bertz CT molecular complexity index is 422. The average molecular weight is 358 g/mol. The van der Waals surface area contributed by atoms with E-state index in [-0.39, 0.29) is 6.03 Å². The molecule has 0 saturated carbocycles. The quantitative estimate of drug-likeness (QED) is 0.369. The summed E-state index contributed by atoms with van der Waals surface area (Å²) in [5.74, 6) is 0.349. The van der Waals surface area contributed by atoms with Gasteiger partial charge in [0.1, 0.15) is 0 Å². The minimum absolute atomic E-state index is 0.000259. The zero-order chi connectivity index (χ0) is 17.4. The molecular weight excluding hydrogens is 326 g/mol. The predicted molar refractivity (Wildman–Crippen MR) is 97.6 cm³/mol. The first-order valence-electron chi connectivity index (χ1n) is 9.15. The maximum Gasteiger partial charge on any atom is 0.315 e. The largest absolute Gasteiger partial charge is 0.481 e. The van der Waals surface area contributed by atoms with Crippen LogP contribution in [0.4, 0.5) is 4.79 Å². The molecule has 1 unspecified atom stereocenters. The number of carboxylic acids is 1. The van der Waals surface area contributed by atoms with E-state index in [0.29, 0.717) is 23.8 Å². The van der Waals surface area contributed by atoms with Gasteiger partial charge in [0.15, 0.2) is 0 Å². The Morgan fingerprint density at radius 3 is 2.58 bits per heavy atom. The highest BCUT2D eigenvalue weighted by atomic mass is 32.2. The van der Waals surface area contributed by atoms with E-state index in [1.165, 1.54) is 25.7 Å². The van der Waals surface area contributed by atoms with Crippen LogP contribution in [-0.2, 0) is 4.79 Å². The molecule has 24 heavy (non-hydrogen) atoms. The summed E-state index contributed by atoms with van der Waals surface area (Å²) in [6.45, 7) is 2.17. The molecule has 2 aliphatic rings. The van der Waals surface area contributed by atoms with Crippen LogP contribution in [0.15, 0.2) is 0 Å². The van der Waals surface area contributed by atoms with Gasteiger partial charge in [0.2, 0.25) is 0 Å². The normalized spacial score (nSPS) is 25.6. The standard InChI is InChI=1S/C17H31N3O3S/c1-20(11-7-3-5-9-15(21)22)10-6-2-4-8-14-16-13(12-24-14)18-17(23)19-16/h13-14,16H,2-12H2,1H3,(H,21,22)(H2,18,19,23)/t13-,14-,16?/m0/s1. The number of hydrogen-bond donors (Lipinski definition) is 3. The zero-order valence-electron chi connectivity index (χ0n) is 14.6. The lowest BCUT2D eigenvalue weighted by Gasteiger charge is -2.18. The van der Waals surface area contributed by atoms with Crippen molar-refractivity contribution in [2.75, 3.05) is 25.9 Å². The van der Waals surface area contributed by atoms with Crippen molar-refractivity contribution in [1.29, 1.82) is 0 Å². The number of rotatable bonds is 12. The Morgan fingerprint density at radius 1 is 1.17 bits per heavy atom. The number of carbonyl (C=O) groups is 2. The van der Waals surface area contributed by atoms with E-state index in [0.717, 1.165) is 38.1 Å². The van der Waals surface area contributed by atoms with Crippen molar-refractivity contribution in [2.24, 2.45) is 0 Å². The third kappa shape index (κ3) is 6.51. The van der Waals surface area contributed by atoms with Crippen LogP contribution in [0.25, 0.3) is 0 Å². The van der Waals surface area contributed by atoms with Gasteiger partial charge >= 0.3 is 12.0 Å². The molecule has 2 heterocycles. The highest BCUT2D eigenvalue weighted by Gasteiger charge is 2.42. The fourth-order valence-electron chi connectivity index (χ4n) is 3.49. The smallest absolute Gasteiger partial charge is 0.315 e. The summed E-state index contributed by atoms with van der Waals surface area (Å²) < 4.78 is 0. The van der Waals surface area contributed by atoms with E-state index < -0.39 is 5.97 Å². The molecule has 2 amide bonds. The van der Waals surface area contributed by atoms with E-state index >= 15 is 0 Å². The van der Waals surface area contributed by atoms with Crippen LogP contribution in [0.1, 0.15) is 51.4 Å². The number of nitrogens with zero attached hydrogens (tertiary/aromatic N) is 1. The third-order valence-corrected chi connectivity index (χ3v) is 6.41. The fraction of sp³-hybridized carbons (Fsp3) is 0.882. The lowest BCUT2D eigenvalue weighted by molar-refractivity contribution is -0.137. The molecule has 3 atom stereocenters. The van der Waals surface area contributed by atoms with Gasteiger partial charge in [0.05, 0.1) is 12.1 Å². The van der Waals surface area contributed by atoms with Crippen LogP contribution < -0.4 is 10.6 Å². The van der Waals surface area contributed by atoms with E-state index in [1.807, 2.05) is 11.8 Å². The molecule has 0 aromatic heterocycles. The van der Waals surface area contributed by atoms with Gasteiger partial charge in [-0.2, -0.15) is 11.8 Å². The number of urea groups is 1. The second-order valence-corrected chi connectivity index (χ2v) is 8.25. The lowest BCUT2D eigenvalue weighted by Crippen LogP contribution is -2.36. The summed E-state index contributed by atoms with van der Waals surface area (Å²) in [5.41, 5.74) is 0. The number of carbonyl (C=O) groups excluding carboxylic acids is 1. The summed E-state index contributed by atoms with van der Waals surface area (Å²) in [4.78, 5) is 24.1. The van der Waals surface area contributed by atoms with Crippen molar-refractivity contribution in [3.63, 3.8) is 0 Å². The van der Waals surface area contributed by atoms with Crippen molar-refractivity contribution in [3.05, 3.63) is 0 Å². The summed E-state index contributed by atoms with van der Waals surface area (Å²) in [6, 6.07) is 0.663. The molecule has 0 aliphatic carbocycles. The number of fused-ring (bicyclic) bond motifs is 1. The van der Waals surface area contributed by atoms with Crippen LogP contribution >= 0.6 is 11.8 Å². The van der Waals surface area contributed by atoms with Gasteiger partial charge in [0.25, 0.3) is 0 Å². The summed E-state index contributed by atoms with van der Waals surface area (Å²) in [7, 11) is 2.15. The van der Waals surface area contributed by atoms with Crippen molar-refractivity contribution in [2.45, 2.75) is 68.7 Å². The molecule has 0 bridgehead atoms. The maximum atomic E-state index is 11.3. The van der Waals surface area contributed by atoms with Gasteiger partial charge < -0.3 is 20.6 Å². The number of hydrogen-bond acceptors (Lipinski definition) is 4. The monoisotopic (exact) mass is 357 g/mol. The van der Waals surface area contributed by atoms with E-state index in [1.54, 1.807) is 0 Å². The van der Waals surface area contributed by atoms with E-state index in [2.05, 4.69) is 22.6 Å². The van der Waals surface area contributed by atoms with Crippen LogP contribution in [0.2, 0.25) is 0 Å². The number of nitrogens with one attached hydrogen (secondary N) is 2. The van der Waals surface area contributed by atoms with Gasteiger partial charge in [0, 0.05) is 17.4 Å². The molecule has 3 N–H and O–H groups in total. The average Bonchev–Trinajstić information content (AvgIpc) is 3.06. The van der Waals surface area contributed by atoms with Crippen molar-refractivity contribution in [3.8, 4) is 0 Å². The first-order valence-corrected chi connectivity index (χ1v) is 10.2. The first kappa shape index (κ1) is 19.4. The predicted octanol–water partition coefficient (Wildman–Crippen LogP) is 2.29. The Labute approximate surface area is 149 Å². The number of aliphatic carboxylic acids is 1. The fourth-order valence-corrected chi connectivity index (χ4v) is 5.04. The minimum atomic E-state index is -0.692. The number of carboxylic acid groups (broad SMARTS) is 1. The van der Waals surface area contributed by atoms with Crippen LogP contribution in [0.3, 0.4) is 0 Å². The Balaban J connectivity index is 1.44. The second kappa shape index (κ2) is 10.1. The molecule has 0 aromatic rings. The second-order valence-electron chi connectivity index (χ2n) is 6.98. The van der Waals surface area contributed by atoms with Crippen LogP contribution in [0, 0.1) is 0 Å². The van der Waals surface area contributed by atoms with Gasteiger partial charge in [-0.1, -0.05) is 19.3 Å². The molecule has 2 aliphatic heterocycles. The summed E-state index contributed by atoms with van der Waals surface area (Å²) >= 11 is 1.99. The molecule has 0 spiro atoms. The molecular formula is C17H31N3O3S. The number of thioether (sulfide) groups is 1. The molecule has 0 radical (unpaired) electrons. The zero-order valence-corrected chi connectivity index (χ0v) is 15.4. The third-order valence-electron chi connectivity index (χ3n) is 4.90. The van der Waals surface area contributed by atoms with Gasteiger partial charge in [-0.05, 0) is 45.8 Å². The molecule has 6 nitrogen and oxygen atoms in total. The van der Waals surface area contributed by atoms with Gasteiger partial charge in [-0.3, -0.25) is 4.79 Å². The Morgan fingerprint density at radius 2 is 1.88 bits per heavy atom. The molecule has 2 fully saturated rings. The highest BCUT2D eigenvalue weighted by Crippen LogP contribution is 2.33. The van der Waals surface area contributed by atoms with Gasteiger partial charge in [-0.25, -0.2) is 4.79 Å². The molecule has 0 aromatic carbocycles. The topological polar surface area (TPSA) is 81.7 Å². The highest BCUT2D eigenvalue weighted by molar-refractivity contribution is 8.00. The number of amides is 2. The Hall–Kier alpha value is -0.950. The molecule has 138 valence electrons. The SMILES string of the molecule is CN(CCCCCC(=O)O)CCCCC[C@@H]1SC[C@@H]2NC(=O)NC21. The van der Waals surface area contributed by atoms with Crippen molar-refractivity contribution in [1.82, 2.24) is 15.5 Å². The minimum Gasteiger partial charge on any atom is -0.481 e. The van der Waals surface area contributed by atoms with E-state index in [4.69, 9.17) is 5.11 Å². The van der Waals surface area contributed by atoms with E-state index in [9.17, 15) is 9.59 Å². The molecule has 2 rings (SSSR count). The lowest BCUT2D eigenvalue weighted by atomic mass is 10.0. The van der Waals surface area contributed by atoms with Crippen molar-refractivity contribution >= 4 is 23.8 Å².